The molecule has 0 aliphatic carbocycles. The number of hydrogen-bond donors (Lipinski definition) is 0. The molecular weight excluding hydrogens is 142 g/mol. The molecule has 0 saturated heterocycles. The van der Waals surface area contributed by atoms with Gasteiger partial charge in [0.1, 0.15) is 6.33 Å². The van der Waals surface area contributed by atoms with E-state index < -0.39 is 0 Å². The van der Waals surface area contributed by atoms with Crippen LogP contribution in [0, 0.1) is 0 Å². The van der Waals surface area contributed by atoms with Gasteiger partial charge in [-0.15, -0.1) is 5.10 Å². The molecule has 0 amide bonds. The van der Waals surface area contributed by atoms with Gasteiger partial charge in [-0.05, 0) is 0 Å². The number of aromatic nitrogens is 5. The second-order valence-electron chi connectivity index (χ2n) is 1.92. The van der Waals surface area contributed by atoms with E-state index in [-0.39, 0.29) is 0 Å². The van der Waals surface area contributed by atoms with Gasteiger partial charge in [-0.1, -0.05) is 5.21 Å². The molecule has 2 rings (SSSR count). The van der Waals surface area contributed by atoms with E-state index in [9.17, 15) is 0 Å². The normalized spacial score (nSPS) is 9.82. The van der Waals surface area contributed by atoms with E-state index in [1.807, 2.05) is 0 Å². The van der Waals surface area contributed by atoms with Crippen molar-refractivity contribution in [3.05, 3.63) is 31.0 Å². The molecule has 0 saturated carbocycles. The first-order valence-corrected chi connectivity index (χ1v) is 3.09. The van der Waals surface area contributed by atoms with Crippen LogP contribution in [0.5, 0.6) is 0 Å². The largest absolute Gasteiger partial charge is 0.245 e. The van der Waals surface area contributed by atoms with Crippen molar-refractivity contribution >= 4 is 0 Å². The Morgan fingerprint density at radius 1 is 1.27 bits per heavy atom. The molecule has 0 spiro atoms. The molecule has 5 nitrogen and oxygen atoms in total. The van der Waals surface area contributed by atoms with Gasteiger partial charge in [-0.2, -0.15) is 0 Å². The second-order valence-corrected chi connectivity index (χ2v) is 1.92. The predicted octanol–water partition coefficient (Wildman–Crippen LogP) is 0.0573. The maximum Gasteiger partial charge on any atom is 0.158 e. The van der Waals surface area contributed by atoms with E-state index >= 15 is 0 Å². The van der Waals surface area contributed by atoms with E-state index in [1.54, 1.807) is 29.3 Å². The summed E-state index contributed by atoms with van der Waals surface area (Å²) >= 11 is 0. The van der Waals surface area contributed by atoms with Crippen molar-refractivity contribution in [2.45, 2.75) is 0 Å². The zero-order valence-electron chi connectivity index (χ0n) is 5.62. The van der Waals surface area contributed by atoms with Gasteiger partial charge in [0.25, 0.3) is 0 Å². The molecule has 0 fully saturated rings. The maximum absolute atomic E-state index is 3.97. The fourth-order valence-corrected chi connectivity index (χ4v) is 0.750. The Bertz CT molecular complexity index is 314. The highest BCUT2D eigenvalue weighted by Gasteiger charge is 1.93. The van der Waals surface area contributed by atoms with Crippen molar-refractivity contribution in [1.29, 1.82) is 0 Å². The Labute approximate surface area is 62.7 Å². The Balaban J connectivity index is 2.46. The van der Waals surface area contributed by atoms with Gasteiger partial charge in [0.05, 0.1) is 12.4 Å². The highest BCUT2D eigenvalue weighted by molar-refractivity contribution is 5.15. The molecule has 54 valence electrons. The summed E-state index contributed by atoms with van der Waals surface area (Å²) in [5, 5.41) is 7.41. The lowest BCUT2D eigenvalue weighted by Gasteiger charge is -1.94. The minimum Gasteiger partial charge on any atom is -0.245 e. The molecule has 2 aromatic rings. The number of nitrogens with zero attached hydrogens (tertiary/aromatic N) is 5. The third-order valence-electron chi connectivity index (χ3n) is 1.22. The van der Waals surface area contributed by atoms with Crippen LogP contribution in [0.1, 0.15) is 0 Å². The molecular formula is C6H5N5. The Hall–Kier alpha value is -1.78. The second kappa shape index (κ2) is 2.45. The molecule has 0 radical (unpaired) electrons. The van der Waals surface area contributed by atoms with Crippen molar-refractivity contribution in [3.8, 4) is 5.82 Å². The average molecular weight is 147 g/mol. The first-order valence-electron chi connectivity index (χ1n) is 3.09. The van der Waals surface area contributed by atoms with Crippen molar-refractivity contribution < 1.29 is 0 Å². The summed E-state index contributed by atoms with van der Waals surface area (Å²) in [6.45, 7) is 0. The van der Waals surface area contributed by atoms with Crippen molar-refractivity contribution in [2.75, 3.05) is 0 Å². The lowest BCUT2D eigenvalue weighted by molar-refractivity contribution is 0.777. The quantitative estimate of drug-likeness (QED) is 0.572. The van der Waals surface area contributed by atoms with Crippen LogP contribution in [0.3, 0.4) is 0 Å². The molecule has 5 heteroatoms. The fraction of sp³-hybridized carbons (Fsp3) is 0. The van der Waals surface area contributed by atoms with Crippen LogP contribution < -0.4 is 0 Å². The molecule has 0 N–H and O–H groups in total. The Morgan fingerprint density at radius 2 is 2.27 bits per heavy atom. The molecule has 0 unspecified atom stereocenters. The average Bonchev–Trinajstić information content (AvgIpc) is 2.58. The first kappa shape index (κ1) is 5.96. The van der Waals surface area contributed by atoms with Crippen molar-refractivity contribution in [3.63, 3.8) is 0 Å². The monoisotopic (exact) mass is 147 g/mol. The van der Waals surface area contributed by atoms with Crippen LogP contribution in [-0.4, -0.2) is 25.0 Å². The Kier molecular flexibility index (Phi) is 1.33. The van der Waals surface area contributed by atoms with Gasteiger partial charge in [-0.3, -0.25) is 0 Å². The standard InChI is InChI=1S/C6H5N5/c1-2-7-5-8-6(1)11-4-3-9-10-11/h1-5H. The fourth-order valence-electron chi connectivity index (χ4n) is 0.750. The highest BCUT2D eigenvalue weighted by Crippen LogP contribution is 1.95. The van der Waals surface area contributed by atoms with Gasteiger partial charge in [0, 0.05) is 12.3 Å². The van der Waals surface area contributed by atoms with Gasteiger partial charge < -0.3 is 0 Å². The van der Waals surface area contributed by atoms with E-state index in [2.05, 4.69) is 20.3 Å². The molecule has 2 heterocycles. The zero-order valence-corrected chi connectivity index (χ0v) is 5.62. The zero-order chi connectivity index (χ0) is 7.52. The summed E-state index contributed by atoms with van der Waals surface area (Å²) in [6, 6.07) is 1.76. The molecule has 0 bridgehead atoms. The van der Waals surface area contributed by atoms with Crippen LogP contribution in [-0.2, 0) is 0 Å². The lowest BCUT2D eigenvalue weighted by Crippen LogP contribution is -1.97. The van der Waals surface area contributed by atoms with Gasteiger partial charge >= 0.3 is 0 Å². The van der Waals surface area contributed by atoms with Crippen LogP contribution >= 0.6 is 0 Å². The highest BCUT2D eigenvalue weighted by atomic mass is 15.4. The number of rotatable bonds is 1. The Morgan fingerprint density at radius 3 is 2.91 bits per heavy atom. The molecule has 0 aliphatic rings. The van der Waals surface area contributed by atoms with Crippen LogP contribution in [0.25, 0.3) is 5.82 Å². The molecule has 0 aromatic carbocycles. The van der Waals surface area contributed by atoms with Crippen LogP contribution in [0.2, 0.25) is 0 Å². The van der Waals surface area contributed by atoms with Gasteiger partial charge in [-0.25, -0.2) is 14.6 Å². The molecule has 2 aromatic heterocycles. The van der Waals surface area contributed by atoms with E-state index in [1.165, 1.54) is 6.33 Å². The van der Waals surface area contributed by atoms with Crippen LogP contribution in [0.4, 0.5) is 0 Å². The molecule has 0 atom stereocenters. The van der Waals surface area contributed by atoms with E-state index in [4.69, 9.17) is 0 Å². The third-order valence-corrected chi connectivity index (χ3v) is 1.22. The minimum atomic E-state index is 0.720. The summed E-state index contributed by atoms with van der Waals surface area (Å²) < 4.78 is 1.57. The summed E-state index contributed by atoms with van der Waals surface area (Å²) in [6.07, 6.45) is 6.45. The minimum absolute atomic E-state index is 0.720. The maximum atomic E-state index is 3.97. The van der Waals surface area contributed by atoms with Crippen molar-refractivity contribution in [1.82, 2.24) is 25.0 Å². The SMILES string of the molecule is c1cc(-n2ccnn2)ncn1. The van der Waals surface area contributed by atoms with Gasteiger partial charge in [0.15, 0.2) is 5.82 Å². The van der Waals surface area contributed by atoms with Crippen LogP contribution in [0.15, 0.2) is 31.0 Å². The summed E-state index contributed by atoms with van der Waals surface area (Å²) in [7, 11) is 0. The lowest BCUT2D eigenvalue weighted by atomic mass is 10.6. The number of hydrogen-bond acceptors (Lipinski definition) is 4. The summed E-state index contributed by atoms with van der Waals surface area (Å²) in [5.74, 6) is 0.720. The smallest absolute Gasteiger partial charge is 0.158 e. The van der Waals surface area contributed by atoms with Crippen molar-refractivity contribution in [2.24, 2.45) is 0 Å². The van der Waals surface area contributed by atoms with E-state index in [0.717, 1.165) is 5.82 Å². The summed E-state index contributed by atoms with van der Waals surface area (Å²) in [5.41, 5.74) is 0. The van der Waals surface area contributed by atoms with E-state index in [0.29, 0.717) is 0 Å². The van der Waals surface area contributed by atoms with Gasteiger partial charge in [0.2, 0.25) is 0 Å². The third kappa shape index (κ3) is 1.07. The first-order chi connectivity index (χ1) is 5.47. The predicted molar refractivity (Wildman–Crippen MR) is 36.9 cm³/mol. The topological polar surface area (TPSA) is 56.5 Å². The summed E-state index contributed by atoms with van der Waals surface area (Å²) in [4.78, 5) is 7.75. The molecule has 0 aliphatic heterocycles. The molecule has 11 heavy (non-hydrogen) atoms.